The highest BCUT2D eigenvalue weighted by atomic mass is 16.6. The van der Waals surface area contributed by atoms with Crippen LogP contribution in [-0.2, 0) is 0 Å². The summed E-state index contributed by atoms with van der Waals surface area (Å²) in [5, 5.41) is 12.1. The number of nitro groups is 1. The summed E-state index contributed by atoms with van der Waals surface area (Å²) in [6.07, 6.45) is 0. The first-order chi connectivity index (χ1) is 10.7. The molecule has 112 valence electrons. The number of ether oxygens (including phenoxy) is 1. The number of nitrogens with one attached hydrogen (secondary N) is 1. The maximum Gasteiger partial charge on any atom is 0.216 e. The zero-order chi connectivity index (χ0) is 15.5. The van der Waals surface area contributed by atoms with Gasteiger partial charge in [-0.2, -0.15) is 0 Å². The van der Waals surface area contributed by atoms with Gasteiger partial charge in [-0.25, -0.2) is 0 Å². The van der Waals surface area contributed by atoms with Crippen LogP contribution in [0.15, 0.2) is 54.6 Å². The largest absolute Gasteiger partial charge is 0.497 e. The summed E-state index contributed by atoms with van der Waals surface area (Å²) >= 11 is 0. The van der Waals surface area contributed by atoms with Gasteiger partial charge in [0.15, 0.2) is 0 Å². The first-order valence-corrected chi connectivity index (χ1v) is 7.01. The fourth-order valence-electron chi connectivity index (χ4n) is 2.65. The number of fused-ring (bicyclic) bond motifs is 1. The van der Waals surface area contributed by atoms with Gasteiger partial charge < -0.3 is 9.72 Å². The molecule has 5 heteroatoms. The van der Waals surface area contributed by atoms with E-state index in [1.807, 2.05) is 54.6 Å². The molecule has 3 aromatic rings. The van der Waals surface area contributed by atoms with E-state index < -0.39 is 0 Å². The molecule has 0 aliphatic rings. The molecule has 1 N–H and O–H groups in total. The molecular weight excluding hydrogens is 280 g/mol. The molecule has 5 nitrogen and oxygen atoms in total. The Morgan fingerprint density at radius 3 is 2.55 bits per heavy atom. The Kier molecular flexibility index (Phi) is 3.78. The number of para-hydroxylation sites is 1. The van der Waals surface area contributed by atoms with E-state index in [4.69, 9.17) is 4.74 Å². The molecule has 1 aromatic heterocycles. The second-order valence-corrected chi connectivity index (χ2v) is 5.15. The molecular formula is C17H16N2O3. The average molecular weight is 296 g/mol. The standard InChI is InChI=1S/C17H16N2O3/c1-22-14-8-6-12(7-9-14)15(11-19(20)21)17-10-13-4-2-3-5-16(13)18-17/h2-10,15,18H,11H2,1H3. The van der Waals surface area contributed by atoms with Gasteiger partial charge in [0.2, 0.25) is 6.54 Å². The second kappa shape index (κ2) is 5.89. The molecule has 1 heterocycles. The van der Waals surface area contributed by atoms with E-state index in [9.17, 15) is 10.1 Å². The Morgan fingerprint density at radius 1 is 1.18 bits per heavy atom. The number of H-pyrrole nitrogens is 1. The molecule has 0 radical (unpaired) electrons. The van der Waals surface area contributed by atoms with Crippen molar-refractivity contribution >= 4 is 10.9 Å². The first-order valence-electron chi connectivity index (χ1n) is 7.01. The summed E-state index contributed by atoms with van der Waals surface area (Å²) in [7, 11) is 1.60. The van der Waals surface area contributed by atoms with E-state index >= 15 is 0 Å². The Labute approximate surface area is 127 Å². The van der Waals surface area contributed by atoms with E-state index in [1.54, 1.807) is 7.11 Å². The number of aromatic nitrogens is 1. The van der Waals surface area contributed by atoms with Gasteiger partial charge in [0.1, 0.15) is 5.75 Å². The molecule has 1 unspecified atom stereocenters. The van der Waals surface area contributed by atoms with Crippen molar-refractivity contribution in [2.24, 2.45) is 0 Å². The van der Waals surface area contributed by atoms with Crippen LogP contribution in [0.4, 0.5) is 0 Å². The average Bonchev–Trinajstić information content (AvgIpc) is 2.96. The summed E-state index contributed by atoms with van der Waals surface area (Å²) in [5.41, 5.74) is 2.73. The second-order valence-electron chi connectivity index (χ2n) is 5.15. The normalized spacial score (nSPS) is 12.2. The van der Waals surface area contributed by atoms with E-state index in [0.717, 1.165) is 27.9 Å². The van der Waals surface area contributed by atoms with E-state index in [1.165, 1.54) is 0 Å². The summed E-state index contributed by atoms with van der Waals surface area (Å²) in [5.74, 6) is 0.425. The van der Waals surface area contributed by atoms with Crippen LogP contribution >= 0.6 is 0 Å². The van der Waals surface area contributed by atoms with Gasteiger partial charge in [-0.05, 0) is 35.2 Å². The van der Waals surface area contributed by atoms with Crippen molar-refractivity contribution in [2.75, 3.05) is 13.7 Å². The molecule has 3 rings (SSSR count). The summed E-state index contributed by atoms with van der Waals surface area (Å²) in [6, 6.07) is 17.2. The Morgan fingerprint density at radius 2 is 1.91 bits per heavy atom. The van der Waals surface area contributed by atoms with Crippen molar-refractivity contribution in [1.82, 2.24) is 4.98 Å². The number of nitrogens with zero attached hydrogens (tertiary/aromatic N) is 1. The van der Waals surface area contributed by atoms with E-state index in [-0.39, 0.29) is 17.4 Å². The lowest BCUT2D eigenvalue weighted by molar-refractivity contribution is -0.481. The molecule has 22 heavy (non-hydrogen) atoms. The molecule has 0 bridgehead atoms. The summed E-state index contributed by atoms with van der Waals surface area (Å²) < 4.78 is 5.14. The number of hydrogen-bond donors (Lipinski definition) is 1. The van der Waals surface area contributed by atoms with E-state index in [2.05, 4.69) is 4.98 Å². The van der Waals surface area contributed by atoms with Crippen molar-refractivity contribution < 1.29 is 9.66 Å². The minimum Gasteiger partial charge on any atom is -0.497 e. The molecule has 0 aliphatic heterocycles. The van der Waals surface area contributed by atoms with Crippen LogP contribution in [0.2, 0.25) is 0 Å². The number of methoxy groups -OCH3 is 1. The minimum absolute atomic E-state index is 0.154. The summed E-state index contributed by atoms with van der Waals surface area (Å²) in [4.78, 5) is 14.1. The Bertz CT molecular complexity index is 760. The quantitative estimate of drug-likeness (QED) is 0.578. The first kappa shape index (κ1) is 14.1. The lowest BCUT2D eigenvalue weighted by Crippen LogP contribution is -2.14. The third kappa shape index (κ3) is 2.79. The van der Waals surface area contributed by atoms with Crippen molar-refractivity contribution in [3.8, 4) is 5.75 Å². The van der Waals surface area contributed by atoms with E-state index in [0.29, 0.717) is 0 Å². The zero-order valence-electron chi connectivity index (χ0n) is 12.2. The zero-order valence-corrected chi connectivity index (χ0v) is 12.2. The van der Waals surface area contributed by atoms with Gasteiger partial charge in [0.25, 0.3) is 0 Å². The third-order valence-corrected chi connectivity index (χ3v) is 3.78. The van der Waals surface area contributed by atoms with Crippen molar-refractivity contribution in [1.29, 1.82) is 0 Å². The van der Waals surface area contributed by atoms with Crippen LogP contribution in [0.3, 0.4) is 0 Å². The van der Waals surface area contributed by atoms with Crippen LogP contribution < -0.4 is 4.74 Å². The van der Waals surface area contributed by atoms with Crippen LogP contribution in [0.25, 0.3) is 10.9 Å². The fourth-order valence-corrected chi connectivity index (χ4v) is 2.65. The van der Waals surface area contributed by atoms with Gasteiger partial charge >= 0.3 is 0 Å². The van der Waals surface area contributed by atoms with Gasteiger partial charge in [0.05, 0.1) is 13.0 Å². The van der Waals surface area contributed by atoms with Crippen LogP contribution in [0.1, 0.15) is 17.2 Å². The molecule has 0 aliphatic carbocycles. The maximum atomic E-state index is 11.1. The highest BCUT2D eigenvalue weighted by Gasteiger charge is 2.22. The maximum absolute atomic E-state index is 11.1. The molecule has 0 saturated heterocycles. The van der Waals surface area contributed by atoms with Crippen LogP contribution in [-0.4, -0.2) is 23.6 Å². The lowest BCUT2D eigenvalue weighted by atomic mass is 9.95. The van der Waals surface area contributed by atoms with Gasteiger partial charge in [-0.3, -0.25) is 10.1 Å². The number of rotatable bonds is 5. The molecule has 2 aromatic carbocycles. The summed E-state index contributed by atoms with van der Waals surface area (Å²) in [6.45, 7) is -0.154. The van der Waals surface area contributed by atoms with Crippen LogP contribution in [0.5, 0.6) is 5.75 Å². The Balaban J connectivity index is 2.02. The molecule has 1 atom stereocenters. The molecule has 0 saturated carbocycles. The predicted octanol–water partition coefficient (Wildman–Crippen LogP) is 3.59. The monoisotopic (exact) mass is 296 g/mol. The van der Waals surface area contributed by atoms with Crippen molar-refractivity contribution in [3.63, 3.8) is 0 Å². The third-order valence-electron chi connectivity index (χ3n) is 3.78. The molecule has 0 spiro atoms. The topological polar surface area (TPSA) is 68.2 Å². The molecule has 0 amide bonds. The van der Waals surface area contributed by atoms with Crippen molar-refractivity contribution in [3.05, 3.63) is 76.0 Å². The van der Waals surface area contributed by atoms with Gasteiger partial charge in [0, 0.05) is 16.1 Å². The predicted molar refractivity (Wildman–Crippen MR) is 85.0 cm³/mol. The molecule has 0 fully saturated rings. The lowest BCUT2D eigenvalue weighted by Gasteiger charge is -2.12. The SMILES string of the molecule is COc1ccc(C(C[N+](=O)[O-])c2cc3ccccc3[nH]2)cc1. The Hall–Kier alpha value is -2.82. The van der Waals surface area contributed by atoms with Gasteiger partial charge in [-0.15, -0.1) is 0 Å². The number of aromatic amines is 1. The smallest absolute Gasteiger partial charge is 0.216 e. The minimum atomic E-state index is -0.312. The fraction of sp³-hybridized carbons (Fsp3) is 0.176. The van der Waals surface area contributed by atoms with Crippen LogP contribution in [0, 0.1) is 10.1 Å². The van der Waals surface area contributed by atoms with Gasteiger partial charge in [-0.1, -0.05) is 30.3 Å². The highest BCUT2D eigenvalue weighted by molar-refractivity contribution is 5.80. The number of hydrogen-bond acceptors (Lipinski definition) is 3. The number of benzene rings is 2. The highest BCUT2D eigenvalue weighted by Crippen LogP contribution is 2.28. The van der Waals surface area contributed by atoms with Crippen molar-refractivity contribution in [2.45, 2.75) is 5.92 Å².